The largest absolute Gasteiger partial charge is 0.297 e. The Balaban J connectivity index is 1.92. The van der Waals surface area contributed by atoms with Crippen molar-refractivity contribution in [3.8, 4) is 0 Å². The highest BCUT2D eigenvalue weighted by molar-refractivity contribution is 7.15. The van der Waals surface area contributed by atoms with E-state index >= 15 is 0 Å². The van der Waals surface area contributed by atoms with Gasteiger partial charge in [0.05, 0.1) is 0 Å². The second-order valence-corrected chi connectivity index (χ2v) is 6.47. The maximum absolute atomic E-state index is 11.8. The average molecular weight is 322 g/mol. The second kappa shape index (κ2) is 7.33. The van der Waals surface area contributed by atoms with Crippen LogP contribution in [0.4, 0.5) is 5.13 Å². The third kappa shape index (κ3) is 5.28. The maximum Gasteiger partial charge on any atom is 0.250 e. The van der Waals surface area contributed by atoms with Crippen LogP contribution in [0.5, 0.6) is 0 Å². The molecule has 2 aromatic rings. The van der Waals surface area contributed by atoms with Crippen LogP contribution in [-0.2, 0) is 11.2 Å². The summed E-state index contributed by atoms with van der Waals surface area (Å²) in [5, 5.41) is 12.9. The van der Waals surface area contributed by atoms with Crippen LogP contribution < -0.4 is 5.32 Å². The van der Waals surface area contributed by atoms with Crippen molar-refractivity contribution in [2.45, 2.75) is 20.3 Å². The second-order valence-electron chi connectivity index (χ2n) is 4.97. The molecule has 1 aromatic heterocycles. The van der Waals surface area contributed by atoms with E-state index in [4.69, 9.17) is 11.6 Å². The first-order chi connectivity index (χ1) is 10.0. The quantitative estimate of drug-likeness (QED) is 0.845. The summed E-state index contributed by atoms with van der Waals surface area (Å²) < 4.78 is 0. The monoisotopic (exact) mass is 321 g/mol. The van der Waals surface area contributed by atoms with Crippen molar-refractivity contribution < 1.29 is 4.79 Å². The first-order valence-electron chi connectivity index (χ1n) is 6.60. The fourth-order valence-corrected chi connectivity index (χ4v) is 2.71. The lowest BCUT2D eigenvalue weighted by molar-refractivity contribution is -0.111. The van der Waals surface area contributed by atoms with E-state index in [0.717, 1.165) is 17.0 Å². The molecule has 0 saturated carbocycles. The Bertz CT molecular complexity index is 635. The normalized spacial score (nSPS) is 11.2. The van der Waals surface area contributed by atoms with Gasteiger partial charge in [0.2, 0.25) is 11.0 Å². The highest BCUT2D eigenvalue weighted by Gasteiger charge is 2.07. The van der Waals surface area contributed by atoms with E-state index in [0.29, 0.717) is 16.1 Å². The van der Waals surface area contributed by atoms with E-state index in [9.17, 15) is 4.79 Å². The molecule has 0 unspecified atom stereocenters. The minimum atomic E-state index is -0.225. The fourth-order valence-electron chi connectivity index (χ4n) is 1.63. The number of carbonyl (C=O) groups excluding carboxylic acids is 1. The van der Waals surface area contributed by atoms with Crippen LogP contribution in [0.1, 0.15) is 24.4 Å². The van der Waals surface area contributed by atoms with Crippen molar-refractivity contribution in [2.24, 2.45) is 5.92 Å². The molecule has 0 spiro atoms. The molecular weight excluding hydrogens is 306 g/mol. The minimum Gasteiger partial charge on any atom is -0.297 e. The zero-order valence-corrected chi connectivity index (χ0v) is 13.4. The molecule has 4 nitrogen and oxygen atoms in total. The molecule has 0 fully saturated rings. The number of hydrogen-bond acceptors (Lipinski definition) is 4. The lowest BCUT2D eigenvalue weighted by Gasteiger charge is -1.97. The van der Waals surface area contributed by atoms with Gasteiger partial charge < -0.3 is 0 Å². The Morgan fingerprint density at radius 1 is 1.33 bits per heavy atom. The van der Waals surface area contributed by atoms with Gasteiger partial charge >= 0.3 is 0 Å². The number of nitrogens with one attached hydrogen (secondary N) is 1. The molecule has 0 aliphatic rings. The topological polar surface area (TPSA) is 54.9 Å². The van der Waals surface area contributed by atoms with Crippen LogP contribution in [0.3, 0.4) is 0 Å². The molecule has 0 aliphatic heterocycles. The highest BCUT2D eigenvalue weighted by Crippen LogP contribution is 2.18. The Hall–Kier alpha value is -1.72. The van der Waals surface area contributed by atoms with Crippen LogP contribution in [0.25, 0.3) is 6.08 Å². The molecule has 2 rings (SSSR count). The average Bonchev–Trinajstić information content (AvgIpc) is 2.84. The summed E-state index contributed by atoms with van der Waals surface area (Å²) in [4.78, 5) is 11.8. The van der Waals surface area contributed by atoms with E-state index in [1.807, 2.05) is 12.1 Å². The molecule has 0 saturated heterocycles. The summed E-state index contributed by atoms with van der Waals surface area (Å²) in [6, 6.07) is 7.25. The molecule has 0 radical (unpaired) electrons. The van der Waals surface area contributed by atoms with Crippen LogP contribution in [-0.4, -0.2) is 16.1 Å². The molecule has 1 N–H and O–H groups in total. The molecule has 21 heavy (non-hydrogen) atoms. The van der Waals surface area contributed by atoms with Crippen molar-refractivity contribution in [3.05, 3.63) is 45.9 Å². The van der Waals surface area contributed by atoms with Gasteiger partial charge in [-0.2, -0.15) is 0 Å². The van der Waals surface area contributed by atoms with Crippen molar-refractivity contribution in [1.29, 1.82) is 0 Å². The summed E-state index contributed by atoms with van der Waals surface area (Å²) in [5.74, 6) is 0.295. The Morgan fingerprint density at radius 3 is 2.71 bits per heavy atom. The van der Waals surface area contributed by atoms with Crippen molar-refractivity contribution in [1.82, 2.24) is 10.2 Å². The van der Waals surface area contributed by atoms with Gasteiger partial charge in [0, 0.05) is 17.5 Å². The predicted molar refractivity (Wildman–Crippen MR) is 87.6 cm³/mol. The molecule has 0 bridgehead atoms. The number of halogens is 1. The van der Waals surface area contributed by atoms with Crippen LogP contribution >= 0.6 is 22.9 Å². The number of nitrogens with zero attached hydrogens (tertiary/aromatic N) is 2. The Labute approximate surface area is 132 Å². The molecule has 0 atom stereocenters. The van der Waals surface area contributed by atoms with Crippen LogP contribution in [0, 0.1) is 5.92 Å². The molecule has 1 aromatic carbocycles. The lowest BCUT2D eigenvalue weighted by atomic mass is 10.1. The Morgan fingerprint density at radius 2 is 2.05 bits per heavy atom. The van der Waals surface area contributed by atoms with Crippen molar-refractivity contribution in [2.75, 3.05) is 5.32 Å². The summed E-state index contributed by atoms with van der Waals surface area (Å²) >= 11 is 7.21. The van der Waals surface area contributed by atoms with E-state index in [1.165, 1.54) is 17.4 Å². The first-order valence-corrected chi connectivity index (χ1v) is 7.79. The molecular formula is C15H16ClN3OS. The van der Waals surface area contributed by atoms with Gasteiger partial charge in [-0.05, 0) is 29.7 Å². The predicted octanol–water partition coefficient (Wildman–Crippen LogP) is 4.04. The fraction of sp³-hybridized carbons (Fsp3) is 0.267. The van der Waals surface area contributed by atoms with Gasteiger partial charge in [-0.3, -0.25) is 10.1 Å². The zero-order valence-electron chi connectivity index (χ0n) is 11.8. The SMILES string of the molecule is CC(C)Cc1nnc(NC(=O)/C=C/c2ccc(Cl)cc2)s1. The molecule has 1 amide bonds. The third-order valence-corrected chi connectivity index (χ3v) is 3.69. The van der Waals surface area contributed by atoms with Crippen LogP contribution in [0.2, 0.25) is 5.02 Å². The summed E-state index contributed by atoms with van der Waals surface area (Å²) in [6.45, 7) is 4.24. The number of amides is 1. The minimum absolute atomic E-state index is 0.225. The van der Waals surface area contributed by atoms with Gasteiger partial charge in [-0.25, -0.2) is 0 Å². The number of carbonyl (C=O) groups is 1. The van der Waals surface area contributed by atoms with Gasteiger partial charge in [0.15, 0.2) is 0 Å². The molecule has 0 aliphatic carbocycles. The third-order valence-electron chi connectivity index (χ3n) is 2.58. The standard InChI is InChI=1S/C15H16ClN3OS/c1-10(2)9-14-18-19-15(21-14)17-13(20)8-5-11-3-6-12(16)7-4-11/h3-8,10H,9H2,1-2H3,(H,17,19,20)/b8-5+. The summed E-state index contributed by atoms with van der Waals surface area (Å²) in [6.07, 6.45) is 4.06. The smallest absolute Gasteiger partial charge is 0.250 e. The number of aromatic nitrogens is 2. The highest BCUT2D eigenvalue weighted by atomic mass is 35.5. The van der Waals surface area contributed by atoms with Gasteiger partial charge in [-0.1, -0.05) is 48.9 Å². The maximum atomic E-state index is 11.8. The van der Waals surface area contributed by atoms with Gasteiger partial charge in [0.25, 0.3) is 0 Å². The summed E-state index contributed by atoms with van der Waals surface area (Å²) in [5.41, 5.74) is 0.910. The van der Waals surface area contributed by atoms with Gasteiger partial charge in [-0.15, -0.1) is 10.2 Å². The van der Waals surface area contributed by atoms with Crippen LogP contribution in [0.15, 0.2) is 30.3 Å². The number of anilines is 1. The molecule has 110 valence electrons. The first kappa shape index (κ1) is 15.7. The van der Waals surface area contributed by atoms with Crippen molar-refractivity contribution in [3.63, 3.8) is 0 Å². The summed E-state index contributed by atoms with van der Waals surface area (Å²) in [7, 11) is 0. The van der Waals surface area contributed by atoms with E-state index in [1.54, 1.807) is 18.2 Å². The molecule has 6 heteroatoms. The zero-order chi connectivity index (χ0) is 15.2. The Kier molecular flexibility index (Phi) is 5.47. The number of benzene rings is 1. The lowest BCUT2D eigenvalue weighted by Crippen LogP contribution is -2.07. The number of hydrogen-bond donors (Lipinski definition) is 1. The molecule has 1 heterocycles. The van der Waals surface area contributed by atoms with E-state index in [-0.39, 0.29) is 5.91 Å². The van der Waals surface area contributed by atoms with E-state index in [2.05, 4.69) is 29.4 Å². The van der Waals surface area contributed by atoms with Gasteiger partial charge in [0.1, 0.15) is 5.01 Å². The van der Waals surface area contributed by atoms with E-state index < -0.39 is 0 Å². The van der Waals surface area contributed by atoms with Crippen molar-refractivity contribution >= 4 is 40.1 Å². The number of rotatable bonds is 5.